The maximum absolute atomic E-state index is 13.3. The van der Waals surface area contributed by atoms with Crippen molar-refractivity contribution in [1.82, 2.24) is 25.2 Å². The summed E-state index contributed by atoms with van der Waals surface area (Å²) in [5.41, 5.74) is 7.71. The number of carbonyl (C=O) groups is 1. The molecule has 2 saturated heterocycles. The molecule has 3 heterocycles. The molecule has 0 bridgehead atoms. The maximum atomic E-state index is 13.3. The Morgan fingerprint density at radius 2 is 1.90 bits per heavy atom. The Morgan fingerprint density at radius 3 is 2.60 bits per heavy atom. The molecule has 2 N–H and O–H groups in total. The average molecular weight is 434 g/mol. The summed E-state index contributed by atoms with van der Waals surface area (Å²) in [7, 11) is -3.71. The van der Waals surface area contributed by atoms with Crippen LogP contribution in [-0.2, 0) is 14.8 Å². The van der Waals surface area contributed by atoms with Gasteiger partial charge in [-0.05, 0) is 25.8 Å². The number of nitrogens with zero attached hydrogens (tertiary/aromatic N) is 3. The van der Waals surface area contributed by atoms with Crippen molar-refractivity contribution in [2.45, 2.75) is 31.2 Å². The van der Waals surface area contributed by atoms with Gasteiger partial charge in [0.25, 0.3) is 0 Å². The highest BCUT2D eigenvalue weighted by Crippen LogP contribution is 2.28. The monoisotopic (exact) mass is 433 g/mol. The van der Waals surface area contributed by atoms with Gasteiger partial charge in [-0.2, -0.15) is 4.31 Å². The quantitative estimate of drug-likeness (QED) is 0.740. The minimum Gasteiger partial charge on any atom is -0.360 e. The fourth-order valence-corrected chi connectivity index (χ4v) is 6.02. The number of amides is 1. The van der Waals surface area contributed by atoms with Gasteiger partial charge in [0.1, 0.15) is 10.6 Å². The fourth-order valence-electron chi connectivity index (χ4n) is 4.26. The first-order valence-corrected chi connectivity index (χ1v) is 11.6. The van der Waals surface area contributed by atoms with Crippen LogP contribution in [0.1, 0.15) is 29.5 Å². The van der Waals surface area contributed by atoms with E-state index in [4.69, 9.17) is 4.52 Å². The van der Waals surface area contributed by atoms with Crippen LogP contribution in [-0.4, -0.2) is 61.4 Å². The van der Waals surface area contributed by atoms with E-state index < -0.39 is 10.0 Å². The normalized spacial score (nSPS) is 23.5. The summed E-state index contributed by atoms with van der Waals surface area (Å²) >= 11 is 0. The Hall–Kier alpha value is -2.27. The highest BCUT2D eigenvalue weighted by molar-refractivity contribution is 7.89. The van der Waals surface area contributed by atoms with Crippen molar-refractivity contribution >= 4 is 15.9 Å². The van der Waals surface area contributed by atoms with Crippen LogP contribution in [0, 0.1) is 19.8 Å². The maximum Gasteiger partial charge on any atom is 0.248 e. The van der Waals surface area contributed by atoms with Gasteiger partial charge in [0.05, 0.1) is 12.0 Å². The predicted molar refractivity (Wildman–Crippen MR) is 110 cm³/mol. The number of aryl methyl sites for hydroxylation is 2. The molecule has 2 fully saturated rings. The van der Waals surface area contributed by atoms with E-state index in [1.807, 2.05) is 30.3 Å². The third kappa shape index (κ3) is 3.87. The second-order valence-corrected chi connectivity index (χ2v) is 9.63. The van der Waals surface area contributed by atoms with E-state index in [2.05, 4.69) is 16.0 Å². The van der Waals surface area contributed by atoms with Crippen molar-refractivity contribution < 1.29 is 17.7 Å². The van der Waals surface area contributed by atoms with Crippen LogP contribution in [0.4, 0.5) is 0 Å². The number of benzene rings is 1. The Bertz CT molecular complexity index is 988. The van der Waals surface area contributed by atoms with E-state index in [-0.39, 0.29) is 29.3 Å². The van der Waals surface area contributed by atoms with Gasteiger partial charge in [-0.3, -0.25) is 10.2 Å². The van der Waals surface area contributed by atoms with E-state index in [1.165, 1.54) is 4.31 Å². The molecule has 2 atom stereocenters. The number of hydrogen-bond donors (Lipinski definition) is 2. The minimum atomic E-state index is -3.71. The zero-order valence-corrected chi connectivity index (χ0v) is 18.0. The summed E-state index contributed by atoms with van der Waals surface area (Å²) in [5, 5.41) is 3.77. The molecular weight excluding hydrogens is 406 g/mol. The summed E-state index contributed by atoms with van der Waals surface area (Å²) in [6.07, 6.45) is 0.581. The first-order chi connectivity index (χ1) is 14.4. The van der Waals surface area contributed by atoms with Crippen molar-refractivity contribution in [3.05, 3.63) is 47.3 Å². The van der Waals surface area contributed by atoms with Crippen molar-refractivity contribution in [3.8, 4) is 0 Å². The van der Waals surface area contributed by atoms with Gasteiger partial charge < -0.3 is 9.42 Å². The molecule has 1 aromatic carbocycles. The van der Waals surface area contributed by atoms with Crippen molar-refractivity contribution in [1.29, 1.82) is 0 Å². The van der Waals surface area contributed by atoms with Crippen LogP contribution in [0.3, 0.4) is 0 Å². The van der Waals surface area contributed by atoms with E-state index in [0.717, 1.165) is 5.56 Å². The third-order valence-corrected chi connectivity index (χ3v) is 7.93. The van der Waals surface area contributed by atoms with Gasteiger partial charge in [-0.1, -0.05) is 35.5 Å². The second-order valence-electron chi connectivity index (χ2n) is 7.76. The van der Waals surface area contributed by atoms with Gasteiger partial charge in [0.2, 0.25) is 15.9 Å². The molecule has 4 rings (SSSR count). The number of rotatable bonds is 4. The lowest BCUT2D eigenvalue weighted by Gasteiger charge is -2.27. The Kier molecular flexibility index (Phi) is 5.92. The Balaban J connectivity index is 1.47. The number of sulfonamides is 1. The number of hydrazine groups is 1. The van der Waals surface area contributed by atoms with Gasteiger partial charge in [0, 0.05) is 32.7 Å². The predicted octanol–water partition coefficient (Wildman–Crippen LogP) is 0.980. The smallest absolute Gasteiger partial charge is 0.248 e. The molecule has 0 radical (unpaired) electrons. The highest BCUT2D eigenvalue weighted by Gasteiger charge is 2.38. The highest BCUT2D eigenvalue weighted by atomic mass is 32.2. The van der Waals surface area contributed by atoms with Crippen LogP contribution in [0.15, 0.2) is 39.8 Å². The summed E-state index contributed by atoms with van der Waals surface area (Å²) in [5.74, 6) is 0.0922. The number of nitrogens with one attached hydrogen (secondary N) is 2. The first-order valence-electron chi connectivity index (χ1n) is 10.1. The summed E-state index contributed by atoms with van der Waals surface area (Å²) in [6.45, 7) is 5.27. The molecule has 1 amide bonds. The van der Waals surface area contributed by atoms with E-state index in [0.29, 0.717) is 44.1 Å². The molecule has 30 heavy (non-hydrogen) atoms. The molecule has 2 aliphatic heterocycles. The summed E-state index contributed by atoms with van der Waals surface area (Å²) in [6, 6.07) is 9.77. The lowest BCUT2D eigenvalue weighted by atomic mass is 9.93. The minimum absolute atomic E-state index is 0.0398. The number of aromatic nitrogens is 1. The van der Waals surface area contributed by atoms with E-state index >= 15 is 0 Å². The van der Waals surface area contributed by atoms with Crippen molar-refractivity contribution in [3.63, 3.8) is 0 Å². The van der Waals surface area contributed by atoms with E-state index in [1.54, 1.807) is 18.7 Å². The lowest BCUT2D eigenvalue weighted by molar-refractivity contribution is -0.135. The van der Waals surface area contributed by atoms with Gasteiger partial charge in [0.15, 0.2) is 5.76 Å². The summed E-state index contributed by atoms with van der Waals surface area (Å²) < 4.78 is 32.7. The fraction of sp³-hybridized carbons (Fsp3) is 0.500. The Morgan fingerprint density at radius 1 is 1.13 bits per heavy atom. The molecule has 1 aromatic heterocycles. The number of carbonyl (C=O) groups excluding carboxylic acids is 1. The number of hydrogen-bond acceptors (Lipinski definition) is 7. The molecule has 2 unspecified atom stereocenters. The average Bonchev–Trinajstić information content (AvgIpc) is 3.26. The largest absolute Gasteiger partial charge is 0.360 e. The molecule has 0 spiro atoms. The van der Waals surface area contributed by atoms with Crippen LogP contribution < -0.4 is 10.9 Å². The first kappa shape index (κ1) is 21.0. The third-order valence-electron chi connectivity index (χ3n) is 5.79. The van der Waals surface area contributed by atoms with Gasteiger partial charge in [-0.25, -0.2) is 13.8 Å². The van der Waals surface area contributed by atoms with Crippen LogP contribution >= 0.6 is 0 Å². The summed E-state index contributed by atoms with van der Waals surface area (Å²) in [4.78, 5) is 15.2. The molecule has 9 nitrogen and oxygen atoms in total. The van der Waals surface area contributed by atoms with Crippen LogP contribution in [0.5, 0.6) is 0 Å². The standard InChI is InChI=1S/C20H27N5O4S/c1-14-19(15(2)29-23-14)30(27,28)25-10-6-9-24(11-12-25)20(26)17-13-21-22-18(17)16-7-4-3-5-8-16/h3-5,7-8,17-18,21-22H,6,9-13H2,1-2H3. The van der Waals surface area contributed by atoms with Gasteiger partial charge >= 0.3 is 0 Å². The molecule has 10 heteroatoms. The van der Waals surface area contributed by atoms with Crippen LogP contribution in [0.2, 0.25) is 0 Å². The lowest BCUT2D eigenvalue weighted by Crippen LogP contribution is -2.42. The second kappa shape index (κ2) is 8.46. The SMILES string of the molecule is Cc1noc(C)c1S(=O)(=O)N1CCCN(C(=O)C2CNNC2c2ccccc2)CC1. The molecule has 0 aliphatic carbocycles. The van der Waals surface area contributed by atoms with E-state index in [9.17, 15) is 13.2 Å². The Labute approximate surface area is 176 Å². The van der Waals surface area contributed by atoms with Crippen LogP contribution in [0.25, 0.3) is 0 Å². The molecular formula is C20H27N5O4S. The topological polar surface area (TPSA) is 108 Å². The molecule has 2 aromatic rings. The van der Waals surface area contributed by atoms with Crippen molar-refractivity contribution in [2.75, 3.05) is 32.7 Å². The molecule has 0 saturated carbocycles. The molecule has 162 valence electrons. The zero-order chi connectivity index (χ0) is 21.3. The molecule has 2 aliphatic rings. The van der Waals surface area contributed by atoms with Gasteiger partial charge in [-0.15, -0.1) is 0 Å². The zero-order valence-electron chi connectivity index (χ0n) is 17.2. The van der Waals surface area contributed by atoms with Crippen molar-refractivity contribution in [2.24, 2.45) is 5.92 Å².